The molecule has 1 saturated heterocycles. The van der Waals surface area contributed by atoms with Crippen molar-refractivity contribution in [2.75, 3.05) is 11.9 Å². The molecule has 1 aliphatic rings. The zero-order valence-corrected chi connectivity index (χ0v) is 11.9. The summed E-state index contributed by atoms with van der Waals surface area (Å²) < 4.78 is 5.40. The van der Waals surface area contributed by atoms with E-state index in [-0.39, 0.29) is 36.4 Å². The summed E-state index contributed by atoms with van der Waals surface area (Å²) in [6, 6.07) is 0. The third kappa shape index (κ3) is 3.46. The summed E-state index contributed by atoms with van der Waals surface area (Å²) in [5.41, 5.74) is -0.188. The molecule has 0 bridgehead atoms. The maximum atomic E-state index is 12.0. The lowest BCUT2D eigenvalue weighted by atomic mass is 10.1. The number of aromatic amines is 1. The van der Waals surface area contributed by atoms with E-state index >= 15 is 0 Å². The van der Waals surface area contributed by atoms with Crippen molar-refractivity contribution in [3.05, 3.63) is 22.1 Å². The Hall–Kier alpha value is -1.77. The van der Waals surface area contributed by atoms with Crippen LogP contribution < -0.4 is 10.9 Å². The number of H-pyrrole nitrogens is 1. The lowest BCUT2D eigenvalue weighted by Crippen LogP contribution is -2.25. The van der Waals surface area contributed by atoms with Gasteiger partial charge in [-0.2, -0.15) is 0 Å². The van der Waals surface area contributed by atoms with Crippen LogP contribution in [-0.2, 0) is 9.53 Å². The molecule has 21 heavy (non-hydrogen) atoms. The van der Waals surface area contributed by atoms with Gasteiger partial charge in [0.15, 0.2) is 0 Å². The van der Waals surface area contributed by atoms with Crippen molar-refractivity contribution in [3.8, 4) is 0 Å². The Balaban J connectivity index is 2.13. The largest absolute Gasteiger partial charge is 0.394 e. The van der Waals surface area contributed by atoms with Crippen LogP contribution in [0.2, 0.25) is 0 Å². The molecule has 1 aromatic heterocycles. The Bertz CT molecular complexity index is 571. The van der Waals surface area contributed by atoms with Crippen molar-refractivity contribution in [3.63, 3.8) is 0 Å². The molecule has 2 heterocycles. The van der Waals surface area contributed by atoms with Gasteiger partial charge in [0, 0.05) is 18.5 Å². The lowest BCUT2D eigenvalue weighted by Gasteiger charge is -2.12. The number of ether oxygens (including phenoxy) is 1. The van der Waals surface area contributed by atoms with Crippen molar-refractivity contribution >= 4 is 11.9 Å². The topological polar surface area (TPSA) is 125 Å². The highest BCUT2D eigenvalue weighted by Gasteiger charge is 2.35. The number of rotatable bonds is 4. The summed E-state index contributed by atoms with van der Waals surface area (Å²) in [6.07, 6.45) is -0.614. The number of amides is 1. The number of carbonyl (C=O) groups excluding carboxylic acids is 1. The van der Waals surface area contributed by atoms with Crippen LogP contribution in [0.3, 0.4) is 0 Å². The van der Waals surface area contributed by atoms with E-state index in [1.54, 1.807) is 13.8 Å². The zero-order chi connectivity index (χ0) is 15.6. The first-order chi connectivity index (χ1) is 9.92. The molecule has 1 unspecified atom stereocenters. The summed E-state index contributed by atoms with van der Waals surface area (Å²) in [5.74, 6) is -0.410. The first-order valence-corrected chi connectivity index (χ1v) is 6.76. The van der Waals surface area contributed by atoms with Gasteiger partial charge in [0.1, 0.15) is 6.10 Å². The van der Waals surface area contributed by atoms with Crippen LogP contribution in [0.5, 0.6) is 0 Å². The van der Waals surface area contributed by atoms with E-state index in [1.165, 1.54) is 6.20 Å². The van der Waals surface area contributed by atoms with Gasteiger partial charge < -0.3 is 14.9 Å². The standard InChI is InChI=1S/C13H19N3O5/c1-6(2)11(19)15-13-14-4-7(12(20)16-13)9-3-8(18)10(5-17)21-9/h4,6,8-10,17-18H,3,5H2,1-2H3,(H2,14,15,16,19,20)/t8?,9-,10-/m1/s1. The van der Waals surface area contributed by atoms with Gasteiger partial charge in [-0.3, -0.25) is 19.9 Å². The Morgan fingerprint density at radius 3 is 2.86 bits per heavy atom. The smallest absolute Gasteiger partial charge is 0.258 e. The molecule has 116 valence electrons. The van der Waals surface area contributed by atoms with Crippen LogP contribution in [0.1, 0.15) is 31.9 Å². The summed E-state index contributed by atoms with van der Waals surface area (Å²) in [4.78, 5) is 30.0. The highest BCUT2D eigenvalue weighted by Crippen LogP contribution is 2.30. The van der Waals surface area contributed by atoms with E-state index < -0.39 is 23.9 Å². The molecule has 3 atom stereocenters. The molecule has 1 aliphatic heterocycles. The van der Waals surface area contributed by atoms with Crippen LogP contribution in [0.4, 0.5) is 5.95 Å². The first-order valence-electron chi connectivity index (χ1n) is 6.76. The molecular weight excluding hydrogens is 278 g/mol. The quantitative estimate of drug-likeness (QED) is 0.596. The number of hydrogen-bond acceptors (Lipinski definition) is 6. The fourth-order valence-corrected chi connectivity index (χ4v) is 2.05. The Kier molecular flexibility index (Phi) is 4.71. The third-order valence-corrected chi connectivity index (χ3v) is 3.34. The van der Waals surface area contributed by atoms with Gasteiger partial charge in [-0.15, -0.1) is 0 Å². The molecule has 1 aromatic rings. The fraction of sp³-hybridized carbons (Fsp3) is 0.615. The molecule has 8 heteroatoms. The average molecular weight is 297 g/mol. The summed E-state index contributed by atoms with van der Waals surface area (Å²) in [5, 5.41) is 21.2. The Morgan fingerprint density at radius 2 is 2.33 bits per heavy atom. The molecule has 0 spiro atoms. The maximum Gasteiger partial charge on any atom is 0.258 e. The summed E-state index contributed by atoms with van der Waals surface area (Å²) >= 11 is 0. The monoisotopic (exact) mass is 297 g/mol. The lowest BCUT2D eigenvalue weighted by molar-refractivity contribution is -0.118. The first kappa shape index (κ1) is 15.6. The average Bonchev–Trinajstić information content (AvgIpc) is 2.79. The number of aliphatic hydroxyl groups excluding tert-OH is 2. The SMILES string of the molecule is CC(C)C(=O)Nc1ncc([C@H]2CC(O)[C@@H](CO)O2)c(=O)[nH]1. The second-order valence-electron chi connectivity index (χ2n) is 5.31. The highest BCUT2D eigenvalue weighted by atomic mass is 16.5. The van der Waals surface area contributed by atoms with E-state index in [0.29, 0.717) is 0 Å². The van der Waals surface area contributed by atoms with Gasteiger partial charge >= 0.3 is 0 Å². The van der Waals surface area contributed by atoms with Gasteiger partial charge in [0.25, 0.3) is 5.56 Å². The van der Waals surface area contributed by atoms with Crippen LogP contribution in [0.15, 0.2) is 11.0 Å². The van der Waals surface area contributed by atoms with Crippen molar-refractivity contribution in [1.29, 1.82) is 0 Å². The van der Waals surface area contributed by atoms with E-state index in [4.69, 9.17) is 9.84 Å². The number of nitrogens with one attached hydrogen (secondary N) is 2. The van der Waals surface area contributed by atoms with Crippen molar-refractivity contribution < 1.29 is 19.7 Å². The van der Waals surface area contributed by atoms with E-state index in [0.717, 1.165) is 0 Å². The molecular formula is C13H19N3O5. The van der Waals surface area contributed by atoms with Gasteiger partial charge in [0.05, 0.1) is 24.4 Å². The molecule has 8 nitrogen and oxygen atoms in total. The number of anilines is 1. The number of nitrogens with zero attached hydrogens (tertiary/aromatic N) is 1. The Labute approximate surface area is 121 Å². The molecule has 2 rings (SSSR count). The number of aliphatic hydroxyl groups is 2. The third-order valence-electron chi connectivity index (χ3n) is 3.34. The summed E-state index contributed by atoms with van der Waals surface area (Å²) in [6.45, 7) is 3.14. The zero-order valence-electron chi connectivity index (χ0n) is 11.9. The Morgan fingerprint density at radius 1 is 1.62 bits per heavy atom. The van der Waals surface area contributed by atoms with Gasteiger partial charge in [0.2, 0.25) is 11.9 Å². The minimum atomic E-state index is -0.820. The van der Waals surface area contributed by atoms with Crippen molar-refractivity contribution in [2.24, 2.45) is 5.92 Å². The molecule has 0 aromatic carbocycles. The van der Waals surface area contributed by atoms with E-state index in [1.807, 2.05) is 0 Å². The second-order valence-corrected chi connectivity index (χ2v) is 5.31. The van der Waals surface area contributed by atoms with E-state index in [9.17, 15) is 14.7 Å². The molecule has 0 saturated carbocycles. The number of aromatic nitrogens is 2. The minimum Gasteiger partial charge on any atom is -0.394 e. The molecule has 0 radical (unpaired) electrons. The molecule has 0 aliphatic carbocycles. The van der Waals surface area contributed by atoms with Crippen LogP contribution in [0.25, 0.3) is 0 Å². The molecule has 4 N–H and O–H groups in total. The highest BCUT2D eigenvalue weighted by molar-refractivity contribution is 5.90. The van der Waals surface area contributed by atoms with Crippen molar-refractivity contribution in [1.82, 2.24) is 9.97 Å². The predicted molar refractivity (Wildman–Crippen MR) is 73.6 cm³/mol. The number of carbonyl (C=O) groups is 1. The number of hydrogen-bond donors (Lipinski definition) is 4. The fourth-order valence-electron chi connectivity index (χ4n) is 2.05. The molecule has 1 amide bonds. The van der Waals surface area contributed by atoms with Crippen LogP contribution in [0, 0.1) is 5.92 Å². The van der Waals surface area contributed by atoms with Crippen molar-refractivity contribution in [2.45, 2.75) is 38.6 Å². The van der Waals surface area contributed by atoms with Crippen LogP contribution >= 0.6 is 0 Å². The van der Waals surface area contributed by atoms with Crippen LogP contribution in [-0.4, -0.2) is 44.9 Å². The normalized spacial score (nSPS) is 25.3. The maximum absolute atomic E-state index is 12.0. The predicted octanol–water partition coefficient (Wildman–Crippen LogP) is -0.452. The summed E-state index contributed by atoms with van der Waals surface area (Å²) in [7, 11) is 0. The van der Waals surface area contributed by atoms with Gasteiger partial charge in [-0.1, -0.05) is 13.8 Å². The van der Waals surface area contributed by atoms with Gasteiger partial charge in [-0.25, -0.2) is 4.98 Å². The van der Waals surface area contributed by atoms with E-state index in [2.05, 4.69) is 15.3 Å². The second kappa shape index (κ2) is 6.33. The van der Waals surface area contributed by atoms with Gasteiger partial charge in [-0.05, 0) is 0 Å². The minimum absolute atomic E-state index is 0.0692. The molecule has 1 fully saturated rings.